The number of nitrogens with one attached hydrogen (secondary N) is 1. The third kappa shape index (κ3) is 2.51. The summed E-state index contributed by atoms with van der Waals surface area (Å²) >= 11 is 0. The topological polar surface area (TPSA) is 59.8 Å². The fraction of sp³-hybridized carbons (Fsp3) is 0.786. The molecule has 0 radical (unpaired) electrons. The molecule has 1 aromatic rings. The van der Waals surface area contributed by atoms with Gasteiger partial charge in [-0.3, -0.25) is 4.79 Å². The van der Waals surface area contributed by atoms with Crippen LogP contribution in [0.15, 0.2) is 6.33 Å². The van der Waals surface area contributed by atoms with E-state index >= 15 is 0 Å². The van der Waals surface area contributed by atoms with E-state index in [1.54, 1.807) is 6.33 Å². The summed E-state index contributed by atoms with van der Waals surface area (Å²) in [5.74, 6) is 3.29. The zero-order valence-corrected chi connectivity index (χ0v) is 11.7. The van der Waals surface area contributed by atoms with Gasteiger partial charge in [0.05, 0.1) is 6.04 Å². The van der Waals surface area contributed by atoms with Crippen LogP contribution < -0.4 is 5.32 Å². The van der Waals surface area contributed by atoms with E-state index in [4.69, 9.17) is 0 Å². The fourth-order valence-electron chi connectivity index (χ4n) is 3.91. The highest BCUT2D eigenvalue weighted by Crippen LogP contribution is 2.49. The van der Waals surface area contributed by atoms with Gasteiger partial charge in [0.2, 0.25) is 5.91 Å². The highest BCUT2D eigenvalue weighted by atomic mass is 16.1. The number of hydrogen-bond acceptors (Lipinski definition) is 3. The molecule has 0 spiro atoms. The summed E-state index contributed by atoms with van der Waals surface area (Å²) in [6, 6.07) is -0.0707. The molecule has 2 aliphatic carbocycles. The Morgan fingerprint density at radius 2 is 2.37 bits per heavy atom. The summed E-state index contributed by atoms with van der Waals surface area (Å²) in [5, 5.41) is 10.9. The Morgan fingerprint density at radius 3 is 2.95 bits per heavy atom. The van der Waals surface area contributed by atoms with Crippen LogP contribution in [0.2, 0.25) is 0 Å². The number of nitrogens with zero attached hydrogens (tertiary/aromatic N) is 3. The van der Waals surface area contributed by atoms with E-state index in [0.29, 0.717) is 12.3 Å². The van der Waals surface area contributed by atoms with Crippen molar-refractivity contribution in [1.82, 2.24) is 20.1 Å². The van der Waals surface area contributed by atoms with Gasteiger partial charge in [-0.1, -0.05) is 6.42 Å². The minimum atomic E-state index is -0.0707. The molecule has 0 saturated heterocycles. The molecule has 1 aromatic heterocycles. The number of hydrogen-bond donors (Lipinski definition) is 1. The second kappa shape index (κ2) is 4.94. The van der Waals surface area contributed by atoms with E-state index in [2.05, 4.69) is 15.5 Å². The average Bonchev–Trinajstić information content (AvgIpc) is 3.04. The van der Waals surface area contributed by atoms with Gasteiger partial charge in [-0.05, 0) is 43.9 Å². The van der Waals surface area contributed by atoms with Crippen LogP contribution in [0.3, 0.4) is 0 Å². The van der Waals surface area contributed by atoms with Crippen molar-refractivity contribution in [2.45, 2.75) is 45.1 Å². The first-order valence-electron chi connectivity index (χ1n) is 7.26. The maximum absolute atomic E-state index is 12.1. The van der Waals surface area contributed by atoms with E-state index in [9.17, 15) is 4.79 Å². The fourth-order valence-corrected chi connectivity index (χ4v) is 3.91. The van der Waals surface area contributed by atoms with Gasteiger partial charge >= 0.3 is 0 Å². The summed E-state index contributed by atoms with van der Waals surface area (Å²) < 4.78 is 1.85. The summed E-state index contributed by atoms with van der Waals surface area (Å²) in [7, 11) is 1.90. The van der Waals surface area contributed by atoms with Crippen LogP contribution in [-0.4, -0.2) is 20.7 Å². The van der Waals surface area contributed by atoms with Crippen molar-refractivity contribution >= 4 is 5.91 Å². The van der Waals surface area contributed by atoms with Gasteiger partial charge < -0.3 is 9.88 Å². The van der Waals surface area contributed by atoms with Gasteiger partial charge in [0.1, 0.15) is 6.33 Å². The highest BCUT2D eigenvalue weighted by molar-refractivity contribution is 5.76. The Morgan fingerprint density at radius 1 is 1.53 bits per heavy atom. The Labute approximate surface area is 113 Å². The van der Waals surface area contributed by atoms with Gasteiger partial charge in [0.15, 0.2) is 5.82 Å². The quantitative estimate of drug-likeness (QED) is 0.900. The summed E-state index contributed by atoms with van der Waals surface area (Å²) in [6.45, 7) is 1.96. The van der Waals surface area contributed by atoms with E-state index in [-0.39, 0.29) is 11.9 Å². The maximum Gasteiger partial charge on any atom is 0.220 e. The number of aryl methyl sites for hydroxylation is 1. The molecule has 5 heteroatoms. The molecule has 5 nitrogen and oxygen atoms in total. The van der Waals surface area contributed by atoms with E-state index in [1.807, 2.05) is 18.5 Å². The van der Waals surface area contributed by atoms with Crippen LogP contribution in [-0.2, 0) is 11.8 Å². The molecule has 2 bridgehead atoms. The SMILES string of the molecule is CC(NC(=O)CC1CC2CCC1C2)c1nncn1C. The monoisotopic (exact) mass is 262 g/mol. The first kappa shape index (κ1) is 12.6. The lowest BCUT2D eigenvalue weighted by Crippen LogP contribution is -2.30. The molecule has 19 heavy (non-hydrogen) atoms. The smallest absolute Gasteiger partial charge is 0.220 e. The predicted octanol–water partition coefficient (Wildman–Crippen LogP) is 1.82. The third-order valence-electron chi connectivity index (χ3n) is 4.84. The molecular weight excluding hydrogens is 240 g/mol. The van der Waals surface area contributed by atoms with Crippen molar-refractivity contribution in [3.05, 3.63) is 12.2 Å². The van der Waals surface area contributed by atoms with Gasteiger partial charge in [-0.25, -0.2) is 0 Å². The second-order valence-electron chi connectivity index (χ2n) is 6.23. The highest BCUT2D eigenvalue weighted by Gasteiger charge is 2.40. The van der Waals surface area contributed by atoms with Crippen molar-refractivity contribution < 1.29 is 4.79 Å². The molecule has 1 amide bonds. The van der Waals surface area contributed by atoms with Gasteiger partial charge in [-0.15, -0.1) is 10.2 Å². The van der Waals surface area contributed by atoms with Crippen molar-refractivity contribution in [2.75, 3.05) is 0 Å². The Kier molecular flexibility index (Phi) is 3.29. The first-order valence-corrected chi connectivity index (χ1v) is 7.26. The average molecular weight is 262 g/mol. The van der Waals surface area contributed by atoms with Crippen LogP contribution in [0.4, 0.5) is 0 Å². The van der Waals surface area contributed by atoms with E-state index in [0.717, 1.165) is 17.7 Å². The number of carbonyl (C=O) groups excluding carboxylic acids is 1. The van der Waals surface area contributed by atoms with Gasteiger partial charge in [0.25, 0.3) is 0 Å². The van der Waals surface area contributed by atoms with Gasteiger partial charge in [0, 0.05) is 13.5 Å². The summed E-state index contributed by atoms with van der Waals surface area (Å²) in [5.41, 5.74) is 0. The van der Waals surface area contributed by atoms with Crippen molar-refractivity contribution in [2.24, 2.45) is 24.8 Å². The molecule has 0 aromatic carbocycles. The molecule has 2 saturated carbocycles. The standard InChI is InChI=1S/C14H22N4O/c1-9(14-17-15-8-18(14)2)16-13(19)7-12-6-10-3-4-11(12)5-10/h8-12H,3-7H2,1-2H3,(H,16,19). The largest absolute Gasteiger partial charge is 0.346 e. The van der Waals surface area contributed by atoms with Crippen LogP contribution in [0, 0.1) is 17.8 Å². The van der Waals surface area contributed by atoms with E-state index < -0.39 is 0 Å². The van der Waals surface area contributed by atoms with Gasteiger partial charge in [-0.2, -0.15) is 0 Å². The predicted molar refractivity (Wildman–Crippen MR) is 71.1 cm³/mol. The lowest BCUT2D eigenvalue weighted by molar-refractivity contribution is -0.123. The molecule has 104 valence electrons. The molecule has 1 N–H and O–H groups in total. The van der Waals surface area contributed by atoms with Crippen LogP contribution in [0.5, 0.6) is 0 Å². The molecule has 2 aliphatic rings. The number of fused-ring (bicyclic) bond motifs is 2. The number of amides is 1. The Hall–Kier alpha value is -1.39. The zero-order chi connectivity index (χ0) is 13.4. The first-order chi connectivity index (χ1) is 9.13. The van der Waals surface area contributed by atoms with Crippen LogP contribution in [0.1, 0.15) is 50.9 Å². The molecule has 1 heterocycles. The molecular formula is C14H22N4O. The van der Waals surface area contributed by atoms with E-state index in [1.165, 1.54) is 25.7 Å². The zero-order valence-electron chi connectivity index (χ0n) is 11.7. The number of rotatable bonds is 4. The Bertz CT molecular complexity index is 470. The van der Waals surface area contributed by atoms with Crippen molar-refractivity contribution in [1.29, 1.82) is 0 Å². The van der Waals surface area contributed by atoms with Crippen LogP contribution in [0.25, 0.3) is 0 Å². The maximum atomic E-state index is 12.1. The lowest BCUT2D eigenvalue weighted by atomic mass is 9.86. The second-order valence-corrected chi connectivity index (χ2v) is 6.23. The third-order valence-corrected chi connectivity index (χ3v) is 4.84. The molecule has 4 atom stereocenters. The molecule has 2 fully saturated rings. The molecule has 3 rings (SSSR count). The van der Waals surface area contributed by atoms with Crippen molar-refractivity contribution in [3.63, 3.8) is 0 Å². The minimum absolute atomic E-state index is 0.0707. The Balaban J connectivity index is 1.53. The van der Waals surface area contributed by atoms with Crippen molar-refractivity contribution in [3.8, 4) is 0 Å². The lowest BCUT2D eigenvalue weighted by Gasteiger charge is -2.22. The number of carbonyl (C=O) groups is 1. The molecule has 0 aliphatic heterocycles. The summed E-state index contributed by atoms with van der Waals surface area (Å²) in [6.07, 6.45) is 7.68. The molecule has 4 unspecified atom stereocenters. The number of aromatic nitrogens is 3. The summed E-state index contributed by atoms with van der Waals surface area (Å²) in [4.78, 5) is 12.1. The minimum Gasteiger partial charge on any atom is -0.346 e. The normalized spacial score (nSPS) is 30.5. The van der Waals surface area contributed by atoms with Crippen LogP contribution >= 0.6 is 0 Å².